The van der Waals surface area contributed by atoms with Crippen LogP contribution in [0.4, 0.5) is 4.79 Å². The lowest BCUT2D eigenvalue weighted by Crippen LogP contribution is -2.58. The Kier molecular flexibility index (Phi) is 13.2. The van der Waals surface area contributed by atoms with Gasteiger partial charge in [0.25, 0.3) is 0 Å². The molecule has 1 aliphatic rings. The van der Waals surface area contributed by atoms with Crippen molar-refractivity contribution >= 4 is 12.0 Å². The zero-order chi connectivity index (χ0) is 25.6. The first-order valence-corrected chi connectivity index (χ1v) is 12.7. The van der Waals surface area contributed by atoms with E-state index in [1.165, 1.54) is 39.2 Å². The summed E-state index contributed by atoms with van der Waals surface area (Å²) in [6.07, 6.45) is 4.97. The maximum atomic E-state index is 12.9. The first-order chi connectivity index (χ1) is 16.8. The fraction of sp³-hybridized carbons (Fsp3) is 0.692. The van der Waals surface area contributed by atoms with Crippen LogP contribution < -0.4 is 16.5 Å². The highest BCUT2D eigenvalue weighted by Crippen LogP contribution is 2.24. The number of carbonyl (C=O) groups is 2. The summed E-state index contributed by atoms with van der Waals surface area (Å²) in [6.45, 7) is 5.10. The molecule has 1 aromatic rings. The average Bonchev–Trinajstić information content (AvgIpc) is 2.82. The predicted molar refractivity (Wildman–Crippen MR) is 135 cm³/mol. The van der Waals surface area contributed by atoms with Crippen LogP contribution in [0.15, 0.2) is 30.3 Å². The number of nitrogens with two attached hydrogens (primary N) is 1. The minimum atomic E-state index is -0.819. The van der Waals surface area contributed by atoms with Crippen molar-refractivity contribution in [1.82, 2.24) is 15.6 Å². The van der Waals surface area contributed by atoms with E-state index in [4.69, 9.17) is 15.3 Å². The highest BCUT2D eigenvalue weighted by Gasteiger charge is 2.31. The van der Waals surface area contributed by atoms with Crippen LogP contribution in [-0.4, -0.2) is 73.7 Å². The molecule has 9 nitrogen and oxygen atoms in total. The van der Waals surface area contributed by atoms with Crippen molar-refractivity contribution in [2.24, 2.45) is 17.7 Å². The summed E-state index contributed by atoms with van der Waals surface area (Å²) in [5.74, 6) is 6.22. The summed E-state index contributed by atoms with van der Waals surface area (Å²) < 4.78 is 9.81. The number of benzene rings is 1. The molecule has 5 N–H and O–H groups in total. The summed E-state index contributed by atoms with van der Waals surface area (Å²) in [5.41, 5.74) is 1.03. The Hall–Kier alpha value is -2.04. The SMILES string of the molecule is COCCOC(=O)NC(=O)[C@@H](N[C@@H](Cc1ccccc1)[C@@H](O)CN(N)CC1CCCCC1)C(C)C. The number of ether oxygens (including phenoxy) is 2. The van der Waals surface area contributed by atoms with E-state index in [1.54, 1.807) is 5.01 Å². The quantitative estimate of drug-likeness (QED) is 0.177. The Bertz CT molecular complexity index is 743. The van der Waals surface area contributed by atoms with Crippen LogP contribution in [0.5, 0.6) is 0 Å². The fourth-order valence-corrected chi connectivity index (χ4v) is 4.55. The monoisotopic (exact) mass is 492 g/mol. The van der Waals surface area contributed by atoms with E-state index in [2.05, 4.69) is 10.6 Å². The molecule has 2 amide bonds. The standard InChI is InChI=1S/C26H44N4O5/c1-19(2)24(25(32)29-26(33)35-15-14-34-3)28-22(16-20-10-6-4-7-11-20)23(31)18-30(27)17-21-12-8-5-9-13-21/h4,6-7,10-11,19,21-24,28,31H,5,8-9,12-18,27H2,1-3H3,(H,29,32,33)/t22-,23-,24-/m0/s1. The van der Waals surface area contributed by atoms with Crippen molar-refractivity contribution in [1.29, 1.82) is 0 Å². The van der Waals surface area contributed by atoms with Crippen LogP contribution in [0.25, 0.3) is 0 Å². The number of methoxy groups -OCH3 is 1. The number of aliphatic hydroxyl groups is 1. The van der Waals surface area contributed by atoms with E-state index < -0.39 is 30.2 Å². The lowest BCUT2D eigenvalue weighted by molar-refractivity contribution is -0.124. The number of imide groups is 1. The van der Waals surface area contributed by atoms with Gasteiger partial charge in [-0.1, -0.05) is 63.4 Å². The Morgan fingerprint density at radius 1 is 1.14 bits per heavy atom. The molecule has 9 heteroatoms. The van der Waals surface area contributed by atoms with Crippen molar-refractivity contribution in [3.63, 3.8) is 0 Å². The van der Waals surface area contributed by atoms with Crippen LogP contribution in [0.2, 0.25) is 0 Å². The van der Waals surface area contributed by atoms with Gasteiger partial charge in [0.05, 0.1) is 18.8 Å². The van der Waals surface area contributed by atoms with Gasteiger partial charge < -0.3 is 14.6 Å². The molecule has 0 aromatic heterocycles. The minimum absolute atomic E-state index is 0.0536. The fourth-order valence-electron chi connectivity index (χ4n) is 4.55. The summed E-state index contributed by atoms with van der Waals surface area (Å²) in [6, 6.07) is 8.64. The number of alkyl carbamates (subject to hydrolysis) is 1. The summed E-state index contributed by atoms with van der Waals surface area (Å²) >= 11 is 0. The van der Waals surface area contributed by atoms with Crippen LogP contribution >= 0.6 is 0 Å². The van der Waals surface area contributed by atoms with Gasteiger partial charge in [-0.2, -0.15) is 0 Å². The van der Waals surface area contributed by atoms with Gasteiger partial charge in [-0.05, 0) is 36.7 Å². The van der Waals surface area contributed by atoms with Gasteiger partial charge >= 0.3 is 6.09 Å². The molecule has 35 heavy (non-hydrogen) atoms. The molecule has 0 aliphatic heterocycles. The minimum Gasteiger partial charge on any atom is -0.447 e. The number of hydrogen-bond acceptors (Lipinski definition) is 8. The van der Waals surface area contributed by atoms with E-state index >= 15 is 0 Å². The average molecular weight is 493 g/mol. The second-order valence-electron chi connectivity index (χ2n) is 9.83. The Morgan fingerprint density at radius 2 is 1.83 bits per heavy atom. The molecule has 0 heterocycles. The zero-order valence-corrected chi connectivity index (χ0v) is 21.4. The van der Waals surface area contributed by atoms with Crippen molar-refractivity contribution in [2.75, 3.05) is 33.4 Å². The van der Waals surface area contributed by atoms with Crippen molar-refractivity contribution < 1.29 is 24.2 Å². The topological polar surface area (TPSA) is 126 Å². The molecule has 0 unspecified atom stereocenters. The third-order valence-corrected chi connectivity index (χ3v) is 6.49. The molecular weight excluding hydrogens is 448 g/mol. The largest absolute Gasteiger partial charge is 0.447 e. The zero-order valence-electron chi connectivity index (χ0n) is 21.4. The van der Waals surface area contributed by atoms with Gasteiger partial charge in [0.1, 0.15) is 6.61 Å². The third-order valence-electron chi connectivity index (χ3n) is 6.49. The summed E-state index contributed by atoms with van der Waals surface area (Å²) in [5, 5.41) is 18.5. The van der Waals surface area contributed by atoms with Crippen LogP contribution in [0.3, 0.4) is 0 Å². The molecule has 2 rings (SSSR count). The summed E-state index contributed by atoms with van der Waals surface area (Å²) in [4.78, 5) is 24.9. The number of hydrogen-bond donors (Lipinski definition) is 4. The smallest absolute Gasteiger partial charge is 0.413 e. The Balaban J connectivity index is 2.05. The van der Waals surface area contributed by atoms with E-state index in [0.29, 0.717) is 12.3 Å². The predicted octanol–water partition coefficient (Wildman–Crippen LogP) is 2.23. The first kappa shape index (κ1) is 29.2. The first-order valence-electron chi connectivity index (χ1n) is 12.7. The number of nitrogens with one attached hydrogen (secondary N) is 2. The lowest BCUT2D eigenvalue weighted by atomic mass is 9.89. The maximum absolute atomic E-state index is 12.9. The lowest BCUT2D eigenvalue weighted by Gasteiger charge is -2.33. The highest BCUT2D eigenvalue weighted by molar-refractivity contribution is 5.95. The Labute approximate surface area is 209 Å². The molecule has 198 valence electrons. The molecule has 0 spiro atoms. The normalized spacial score (nSPS) is 17.2. The second kappa shape index (κ2) is 15.9. The molecule has 0 radical (unpaired) electrons. The van der Waals surface area contributed by atoms with Gasteiger partial charge in [-0.15, -0.1) is 0 Å². The molecule has 0 saturated heterocycles. The molecular formula is C26H44N4O5. The number of aliphatic hydroxyl groups excluding tert-OH is 1. The molecule has 1 saturated carbocycles. The Morgan fingerprint density at radius 3 is 2.46 bits per heavy atom. The van der Waals surface area contributed by atoms with E-state index in [-0.39, 0.29) is 25.7 Å². The number of rotatable bonds is 14. The maximum Gasteiger partial charge on any atom is 0.413 e. The number of nitrogens with zero attached hydrogens (tertiary/aromatic N) is 1. The molecule has 1 fully saturated rings. The highest BCUT2D eigenvalue weighted by atomic mass is 16.6. The van der Waals surface area contributed by atoms with Crippen molar-refractivity contribution in [2.45, 2.75) is 70.6 Å². The number of carbonyl (C=O) groups excluding carboxylic acids is 2. The second-order valence-corrected chi connectivity index (χ2v) is 9.83. The van der Waals surface area contributed by atoms with Crippen LogP contribution in [-0.2, 0) is 20.7 Å². The molecule has 0 bridgehead atoms. The number of hydrazine groups is 1. The molecule has 1 aliphatic carbocycles. The van der Waals surface area contributed by atoms with E-state index in [0.717, 1.165) is 12.1 Å². The van der Waals surface area contributed by atoms with E-state index in [9.17, 15) is 14.7 Å². The molecule has 1 aromatic carbocycles. The van der Waals surface area contributed by atoms with E-state index in [1.807, 2.05) is 44.2 Å². The van der Waals surface area contributed by atoms with Crippen LogP contribution in [0, 0.1) is 11.8 Å². The van der Waals surface area contributed by atoms with Gasteiger partial charge in [0.2, 0.25) is 5.91 Å². The molecule has 3 atom stereocenters. The van der Waals surface area contributed by atoms with Crippen molar-refractivity contribution in [3.05, 3.63) is 35.9 Å². The van der Waals surface area contributed by atoms with Gasteiger partial charge in [-0.25, -0.2) is 9.80 Å². The summed E-state index contributed by atoms with van der Waals surface area (Å²) in [7, 11) is 1.50. The third kappa shape index (κ3) is 11.0. The van der Waals surface area contributed by atoms with Crippen LogP contribution in [0.1, 0.15) is 51.5 Å². The number of amides is 2. The van der Waals surface area contributed by atoms with Gasteiger partial charge in [0, 0.05) is 26.2 Å². The van der Waals surface area contributed by atoms with Gasteiger partial charge in [0.15, 0.2) is 0 Å². The van der Waals surface area contributed by atoms with Crippen molar-refractivity contribution in [3.8, 4) is 0 Å². The van der Waals surface area contributed by atoms with Gasteiger partial charge in [-0.3, -0.25) is 21.3 Å².